The van der Waals surface area contributed by atoms with E-state index in [9.17, 15) is 8.42 Å². The van der Waals surface area contributed by atoms with Crippen molar-refractivity contribution >= 4 is 35.7 Å². The average Bonchev–Trinajstić information content (AvgIpc) is 2.15. The molecule has 1 aromatic carbocycles. The Hall–Kier alpha value is -0.570. The van der Waals surface area contributed by atoms with Crippen molar-refractivity contribution in [2.75, 3.05) is 0 Å². The zero-order valence-electron chi connectivity index (χ0n) is 7.79. The second-order valence-corrected chi connectivity index (χ2v) is 6.16. The molecule has 0 fully saturated rings. The van der Waals surface area contributed by atoms with Crippen LogP contribution in [-0.2, 0) is 15.5 Å². The molecule has 0 aliphatic heterocycles. The van der Waals surface area contributed by atoms with Crippen LogP contribution in [0.5, 0.6) is 0 Å². The third kappa shape index (κ3) is 2.51. The summed E-state index contributed by atoms with van der Waals surface area (Å²) in [6, 6.07) is 5.01. The number of hydrogen-bond acceptors (Lipinski definition) is 3. The van der Waals surface area contributed by atoms with Gasteiger partial charge in [-0.3, -0.25) is 0 Å². The van der Waals surface area contributed by atoms with Crippen LogP contribution in [0, 0.1) is 11.3 Å². The smallest absolute Gasteiger partial charge is 0.207 e. The number of rotatable bonds is 2. The first-order chi connectivity index (χ1) is 6.91. The van der Waals surface area contributed by atoms with Gasteiger partial charge >= 0.3 is 0 Å². The van der Waals surface area contributed by atoms with Crippen molar-refractivity contribution in [3.05, 3.63) is 27.7 Å². The first kappa shape index (κ1) is 12.5. The minimum atomic E-state index is -3.83. The molecule has 0 aliphatic rings. The first-order valence-electron chi connectivity index (χ1n) is 4.08. The molecule has 6 heteroatoms. The molecule has 3 nitrogen and oxygen atoms in total. The fourth-order valence-electron chi connectivity index (χ4n) is 1.32. The van der Waals surface area contributed by atoms with Crippen LogP contribution < -0.4 is 0 Å². The van der Waals surface area contributed by atoms with Gasteiger partial charge in [0.15, 0.2) is 0 Å². The molecule has 0 atom stereocenters. The maximum Gasteiger partial charge on any atom is 0.262 e. The van der Waals surface area contributed by atoms with Crippen molar-refractivity contribution < 1.29 is 8.42 Å². The molecule has 0 aromatic heterocycles. The van der Waals surface area contributed by atoms with Crippen molar-refractivity contribution in [3.8, 4) is 6.07 Å². The Balaban J connectivity index is 3.71. The number of hydrogen-bond donors (Lipinski definition) is 0. The van der Waals surface area contributed by atoms with Gasteiger partial charge < -0.3 is 0 Å². The van der Waals surface area contributed by atoms with Gasteiger partial charge in [0, 0.05) is 15.2 Å². The zero-order valence-corrected chi connectivity index (χ0v) is 10.9. The molecule has 0 aliphatic carbocycles. The van der Waals surface area contributed by atoms with Crippen molar-refractivity contribution in [2.24, 2.45) is 0 Å². The third-order valence-electron chi connectivity index (χ3n) is 1.93. The highest BCUT2D eigenvalue weighted by atomic mass is 79.9. The van der Waals surface area contributed by atoms with E-state index in [0.717, 1.165) is 0 Å². The summed E-state index contributed by atoms with van der Waals surface area (Å²) >= 11 is 3.11. The highest BCUT2D eigenvalue weighted by molar-refractivity contribution is 9.10. The second kappa shape index (κ2) is 4.52. The van der Waals surface area contributed by atoms with Crippen molar-refractivity contribution in [1.29, 1.82) is 5.26 Å². The summed E-state index contributed by atoms with van der Waals surface area (Å²) in [7, 11) is 1.47. The fraction of sp³-hybridized carbons (Fsp3) is 0.222. The first-order valence-corrected chi connectivity index (χ1v) is 7.18. The van der Waals surface area contributed by atoms with E-state index in [4.69, 9.17) is 15.9 Å². The van der Waals surface area contributed by atoms with E-state index < -0.39 is 9.05 Å². The maximum atomic E-state index is 11.3. The predicted molar refractivity (Wildman–Crippen MR) is 61.3 cm³/mol. The van der Waals surface area contributed by atoms with Gasteiger partial charge in [0.05, 0.1) is 11.6 Å². The standard InChI is InChI=1S/C9H7BrClNO2S/c1-2-7-6(5-12)3-4-8(10)9(7)15(11,13)14/h3-4H,2H2,1H3. The summed E-state index contributed by atoms with van der Waals surface area (Å²) in [5.74, 6) is 0. The lowest BCUT2D eigenvalue weighted by Crippen LogP contribution is -2.01. The highest BCUT2D eigenvalue weighted by Gasteiger charge is 2.21. The van der Waals surface area contributed by atoms with E-state index in [1.165, 1.54) is 6.07 Å². The van der Waals surface area contributed by atoms with Crippen LogP contribution in [0.4, 0.5) is 0 Å². The molecule has 0 heterocycles. The van der Waals surface area contributed by atoms with E-state index in [-0.39, 0.29) is 4.90 Å². The van der Waals surface area contributed by atoms with Gasteiger partial charge in [-0.15, -0.1) is 0 Å². The lowest BCUT2D eigenvalue weighted by atomic mass is 10.1. The lowest BCUT2D eigenvalue weighted by Gasteiger charge is -2.08. The highest BCUT2D eigenvalue weighted by Crippen LogP contribution is 2.31. The van der Waals surface area contributed by atoms with Gasteiger partial charge in [0.1, 0.15) is 4.90 Å². The van der Waals surface area contributed by atoms with Crippen molar-refractivity contribution in [3.63, 3.8) is 0 Å². The summed E-state index contributed by atoms with van der Waals surface area (Å²) in [4.78, 5) is -0.00860. The monoisotopic (exact) mass is 307 g/mol. The number of benzene rings is 1. The van der Waals surface area contributed by atoms with Crippen LogP contribution in [0.2, 0.25) is 0 Å². The normalized spacial score (nSPS) is 11.1. The van der Waals surface area contributed by atoms with Crippen LogP contribution in [0.25, 0.3) is 0 Å². The topological polar surface area (TPSA) is 57.9 Å². The minimum absolute atomic E-state index is 0.00860. The SMILES string of the molecule is CCc1c(C#N)ccc(Br)c1S(=O)(=O)Cl. The molecular weight excluding hydrogens is 302 g/mol. The zero-order chi connectivity index (χ0) is 11.6. The largest absolute Gasteiger partial charge is 0.262 e. The Morgan fingerprint density at radius 2 is 2.13 bits per heavy atom. The molecule has 0 bridgehead atoms. The molecule has 1 rings (SSSR count). The van der Waals surface area contributed by atoms with Crippen LogP contribution in [0.1, 0.15) is 18.1 Å². The van der Waals surface area contributed by atoms with Gasteiger partial charge in [-0.05, 0) is 40.0 Å². The van der Waals surface area contributed by atoms with Crippen LogP contribution in [0.3, 0.4) is 0 Å². The lowest BCUT2D eigenvalue weighted by molar-refractivity contribution is 0.608. The molecule has 0 saturated carbocycles. The molecular formula is C9H7BrClNO2S. The molecule has 0 unspecified atom stereocenters. The summed E-state index contributed by atoms with van der Waals surface area (Å²) in [5, 5.41) is 8.83. The van der Waals surface area contributed by atoms with Gasteiger partial charge in [-0.25, -0.2) is 8.42 Å². The van der Waals surface area contributed by atoms with Gasteiger partial charge in [-0.1, -0.05) is 6.92 Å². The Morgan fingerprint density at radius 3 is 2.53 bits per heavy atom. The third-order valence-corrected chi connectivity index (χ3v) is 4.27. The summed E-state index contributed by atoms with van der Waals surface area (Å²) < 4.78 is 23.0. The van der Waals surface area contributed by atoms with Crippen molar-refractivity contribution in [1.82, 2.24) is 0 Å². The summed E-state index contributed by atoms with van der Waals surface area (Å²) in [6.45, 7) is 1.77. The second-order valence-electron chi connectivity index (χ2n) is 2.81. The molecule has 0 N–H and O–H groups in total. The van der Waals surface area contributed by atoms with Gasteiger partial charge in [-0.2, -0.15) is 5.26 Å². The number of nitrogens with zero attached hydrogens (tertiary/aromatic N) is 1. The Kier molecular flexibility index (Phi) is 3.77. The summed E-state index contributed by atoms with van der Waals surface area (Å²) in [5.41, 5.74) is 0.779. The maximum absolute atomic E-state index is 11.3. The van der Waals surface area contributed by atoms with Crippen LogP contribution in [-0.4, -0.2) is 8.42 Å². The summed E-state index contributed by atoms with van der Waals surface area (Å²) in [6.07, 6.45) is 0.434. The Bertz CT molecular complexity index is 534. The van der Waals surface area contributed by atoms with Gasteiger partial charge in [0.2, 0.25) is 0 Å². The number of nitriles is 1. The molecule has 1 aromatic rings. The van der Waals surface area contributed by atoms with E-state index in [0.29, 0.717) is 22.0 Å². The molecule has 0 amide bonds. The Morgan fingerprint density at radius 1 is 1.53 bits per heavy atom. The van der Waals surface area contributed by atoms with Crippen LogP contribution >= 0.6 is 26.6 Å². The molecule has 15 heavy (non-hydrogen) atoms. The average molecular weight is 309 g/mol. The van der Waals surface area contributed by atoms with E-state index in [1.54, 1.807) is 13.0 Å². The van der Waals surface area contributed by atoms with E-state index >= 15 is 0 Å². The molecule has 0 spiro atoms. The predicted octanol–water partition coefficient (Wildman–Crippen LogP) is 2.81. The number of halogens is 2. The molecule has 0 radical (unpaired) electrons. The van der Waals surface area contributed by atoms with Crippen molar-refractivity contribution in [2.45, 2.75) is 18.2 Å². The minimum Gasteiger partial charge on any atom is -0.207 e. The van der Waals surface area contributed by atoms with Gasteiger partial charge in [0.25, 0.3) is 9.05 Å². The quantitative estimate of drug-likeness (QED) is 0.789. The molecule has 80 valence electrons. The van der Waals surface area contributed by atoms with Crippen LogP contribution in [0.15, 0.2) is 21.5 Å². The van der Waals surface area contributed by atoms with E-state index in [2.05, 4.69) is 15.9 Å². The fourth-order valence-corrected chi connectivity index (χ4v) is 3.99. The molecule has 0 saturated heterocycles. The van der Waals surface area contributed by atoms with E-state index in [1.807, 2.05) is 6.07 Å². The Labute approximate surface area is 101 Å².